The molecule has 5 heteroatoms. The van der Waals surface area contributed by atoms with Crippen molar-refractivity contribution in [2.75, 3.05) is 18.0 Å². The third-order valence-electron chi connectivity index (χ3n) is 2.91. The number of hydrogen-bond acceptors (Lipinski definition) is 3. The third kappa shape index (κ3) is 2.77. The first-order chi connectivity index (χ1) is 9.57. The number of benzene rings is 2. The molecule has 0 aliphatic carbocycles. The Morgan fingerprint density at radius 2 is 1.60 bits per heavy atom. The summed E-state index contributed by atoms with van der Waals surface area (Å²) in [5, 5.41) is 0. The molecule has 2 rings (SSSR count). The van der Waals surface area contributed by atoms with E-state index in [0.29, 0.717) is 18.0 Å². The van der Waals surface area contributed by atoms with E-state index in [1.807, 2.05) is 13.0 Å². The standard InChI is InChI=1S/C15H17NO3S/c1-3-19-15-12-8-7-11-14(15)16(2)20(17,18)13-9-5-4-6-10-13/h4-12H,3H2,1-2H3. The number of nitrogens with zero attached hydrogens (tertiary/aromatic N) is 1. The van der Waals surface area contributed by atoms with Crippen molar-refractivity contribution in [3.63, 3.8) is 0 Å². The number of rotatable bonds is 5. The van der Waals surface area contributed by atoms with Crippen LogP contribution in [0.25, 0.3) is 0 Å². The van der Waals surface area contributed by atoms with Gasteiger partial charge in [0.2, 0.25) is 0 Å². The molecule has 0 fully saturated rings. The van der Waals surface area contributed by atoms with Gasteiger partial charge in [0.15, 0.2) is 0 Å². The minimum absolute atomic E-state index is 0.258. The summed E-state index contributed by atoms with van der Waals surface area (Å²) in [5.74, 6) is 0.553. The number of ether oxygens (including phenoxy) is 1. The molecule has 0 aliphatic heterocycles. The van der Waals surface area contributed by atoms with Crippen LogP contribution in [0, 0.1) is 0 Å². The van der Waals surface area contributed by atoms with Crippen LogP contribution in [0.1, 0.15) is 6.92 Å². The van der Waals surface area contributed by atoms with Gasteiger partial charge >= 0.3 is 0 Å². The zero-order valence-electron chi connectivity index (χ0n) is 11.5. The summed E-state index contributed by atoms with van der Waals surface area (Å²) < 4.78 is 31.8. The molecule has 0 aromatic heterocycles. The second-order valence-electron chi connectivity index (χ2n) is 4.19. The van der Waals surface area contributed by atoms with Gasteiger partial charge in [0.1, 0.15) is 5.75 Å². The van der Waals surface area contributed by atoms with Gasteiger partial charge in [0.25, 0.3) is 10.0 Å². The molecule has 0 saturated carbocycles. The normalized spacial score (nSPS) is 11.1. The zero-order chi connectivity index (χ0) is 14.6. The van der Waals surface area contributed by atoms with E-state index in [0.717, 1.165) is 0 Å². The minimum Gasteiger partial charge on any atom is -0.492 e. The van der Waals surface area contributed by atoms with Crippen molar-refractivity contribution in [3.8, 4) is 5.75 Å². The molecule has 0 radical (unpaired) electrons. The molecule has 106 valence electrons. The van der Waals surface area contributed by atoms with Crippen LogP contribution in [0.2, 0.25) is 0 Å². The van der Waals surface area contributed by atoms with Crippen LogP contribution in [0.3, 0.4) is 0 Å². The molecule has 0 spiro atoms. The fourth-order valence-corrected chi connectivity index (χ4v) is 3.10. The van der Waals surface area contributed by atoms with Crippen molar-refractivity contribution in [3.05, 3.63) is 54.6 Å². The lowest BCUT2D eigenvalue weighted by Gasteiger charge is -2.22. The van der Waals surface area contributed by atoms with Crippen molar-refractivity contribution in [2.24, 2.45) is 0 Å². The van der Waals surface area contributed by atoms with Crippen LogP contribution in [-0.4, -0.2) is 22.1 Å². The van der Waals surface area contributed by atoms with Crippen LogP contribution in [0.4, 0.5) is 5.69 Å². The van der Waals surface area contributed by atoms with Gasteiger partial charge in [-0.2, -0.15) is 0 Å². The maximum absolute atomic E-state index is 12.6. The van der Waals surface area contributed by atoms with Gasteiger partial charge in [-0.05, 0) is 31.2 Å². The second kappa shape index (κ2) is 5.96. The smallest absolute Gasteiger partial charge is 0.264 e. The SMILES string of the molecule is CCOc1ccccc1N(C)S(=O)(=O)c1ccccc1. The van der Waals surface area contributed by atoms with Crippen LogP contribution >= 0.6 is 0 Å². The molecule has 2 aromatic rings. The molecule has 4 nitrogen and oxygen atoms in total. The van der Waals surface area contributed by atoms with E-state index in [1.165, 1.54) is 11.4 Å². The third-order valence-corrected chi connectivity index (χ3v) is 4.69. The second-order valence-corrected chi connectivity index (χ2v) is 6.16. The van der Waals surface area contributed by atoms with Crippen LogP contribution in [0.15, 0.2) is 59.5 Å². The summed E-state index contributed by atoms with van der Waals surface area (Å²) in [6, 6.07) is 15.4. The first-order valence-corrected chi connectivity index (χ1v) is 7.77. The highest BCUT2D eigenvalue weighted by Gasteiger charge is 2.23. The first-order valence-electron chi connectivity index (χ1n) is 6.33. The lowest BCUT2D eigenvalue weighted by molar-refractivity contribution is 0.341. The van der Waals surface area contributed by atoms with E-state index in [2.05, 4.69) is 0 Å². The van der Waals surface area contributed by atoms with Crippen LogP contribution in [0.5, 0.6) is 5.75 Å². The van der Waals surface area contributed by atoms with Gasteiger partial charge in [-0.3, -0.25) is 4.31 Å². The summed E-state index contributed by atoms with van der Waals surface area (Å²) >= 11 is 0. The fraction of sp³-hybridized carbons (Fsp3) is 0.200. The number of para-hydroxylation sites is 2. The summed E-state index contributed by atoms with van der Waals surface area (Å²) in [4.78, 5) is 0.258. The van der Waals surface area contributed by atoms with Crippen molar-refractivity contribution in [1.29, 1.82) is 0 Å². The predicted molar refractivity (Wildman–Crippen MR) is 79.6 cm³/mol. The van der Waals surface area contributed by atoms with E-state index < -0.39 is 10.0 Å². The maximum atomic E-state index is 12.6. The molecule has 2 aromatic carbocycles. The van der Waals surface area contributed by atoms with Crippen molar-refractivity contribution in [1.82, 2.24) is 0 Å². The van der Waals surface area contributed by atoms with Gasteiger partial charge in [-0.25, -0.2) is 8.42 Å². The number of sulfonamides is 1. The molecule has 0 unspecified atom stereocenters. The Hall–Kier alpha value is -2.01. The van der Waals surface area contributed by atoms with Gasteiger partial charge in [-0.15, -0.1) is 0 Å². The minimum atomic E-state index is -3.58. The molecular formula is C15H17NO3S. The van der Waals surface area contributed by atoms with Crippen molar-refractivity contribution in [2.45, 2.75) is 11.8 Å². The van der Waals surface area contributed by atoms with Gasteiger partial charge in [0, 0.05) is 7.05 Å². The number of anilines is 1. The average molecular weight is 291 g/mol. The maximum Gasteiger partial charge on any atom is 0.264 e. The number of hydrogen-bond donors (Lipinski definition) is 0. The van der Waals surface area contributed by atoms with E-state index in [1.54, 1.807) is 48.5 Å². The lowest BCUT2D eigenvalue weighted by atomic mass is 10.3. The molecule has 0 bridgehead atoms. The monoisotopic (exact) mass is 291 g/mol. The van der Waals surface area contributed by atoms with E-state index in [9.17, 15) is 8.42 Å². The summed E-state index contributed by atoms with van der Waals surface area (Å²) in [7, 11) is -2.05. The van der Waals surface area contributed by atoms with Gasteiger partial charge < -0.3 is 4.74 Å². The Morgan fingerprint density at radius 1 is 1.00 bits per heavy atom. The fourth-order valence-electron chi connectivity index (χ4n) is 1.87. The van der Waals surface area contributed by atoms with E-state index >= 15 is 0 Å². The molecule has 0 heterocycles. The zero-order valence-corrected chi connectivity index (χ0v) is 12.3. The molecule has 0 amide bonds. The Labute approximate surface area is 119 Å². The van der Waals surface area contributed by atoms with Crippen molar-refractivity contribution >= 4 is 15.7 Å². The van der Waals surface area contributed by atoms with Crippen LogP contribution < -0.4 is 9.04 Å². The highest BCUT2D eigenvalue weighted by Crippen LogP contribution is 2.30. The average Bonchev–Trinajstić information content (AvgIpc) is 2.48. The summed E-state index contributed by atoms with van der Waals surface area (Å²) in [5.41, 5.74) is 0.526. The highest BCUT2D eigenvalue weighted by molar-refractivity contribution is 7.92. The van der Waals surface area contributed by atoms with E-state index in [-0.39, 0.29) is 4.90 Å². The highest BCUT2D eigenvalue weighted by atomic mass is 32.2. The Kier molecular flexibility index (Phi) is 4.29. The van der Waals surface area contributed by atoms with Crippen LogP contribution in [-0.2, 0) is 10.0 Å². The Bertz CT molecular complexity index is 669. The summed E-state index contributed by atoms with van der Waals surface area (Å²) in [6.45, 7) is 2.35. The Morgan fingerprint density at radius 3 is 2.25 bits per heavy atom. The molecule has 20 heavy (non-hydrogen) atoms. The molecule has 0 saturated heterocycles. The largest absolute Gasteiger partial charge is 0.492 e. The first kappa shape index (κ1) is 14.4. The van der Waals surface area contributed by atoms with Gasteiger partial charge in [0.05, 0.1) is 17.2 Å². The predicted octanol–water partition coefficient (Wildman–Crippen LogP) is 2.91. The quantitative estimate of drug-likeness (QED) is 0.851. The molecule has 0 aliphatic rings. The van der Waals surface area contributed by atoms with Crippen molar-refractivity contribution < 1.29 is 13.2 Å². The molecule has 0 N–H and O–H groups in total. The molecular weight excluding hydrogens is 274 g/mol. The summed E-state index contributed by atoms with van der Waals surface area (Å²) in [6.07, 6.45) is 0. The van der Waals surface area contributed by atoms with Gasteiger partial charge in [-0.1, -0.05) is 30.3 Å². The lowest BCUT2D eigenvalue weighted by Crippen LogP contribution is -2.27. The topological polar surface area (TPSA) is 46.6 Å². The molecule has 0 atom stereocenters. The van der Waals surface area contributed by atoms with E-state index in [4.69, 9.17) is 4.74 Å². The Balaban J connectivity index is 2.44.